The molecule has 1 aliphatic heterocycles. The van der Waals surface area contributed by atoms with Gasteiger partial charge in [-0.1, -0.05) is 17.7 Å². The van der Waals surface area contributed by atoms with Gasteiger partial charge in [-0.25, -0.2) is 4.98 Å². The number of aromatic nitrogens is 2. The summed E-state index contributed by atoms with van der Waals surface area (Å²) in [5, 5.41) is 5.69. The topological polar surface area (TPSA) is 107 Å². The summed E-state index contributed by atoms with van der Waals surface area (Å²) in [6, 6.07) is 9.47. The first-order chi connectivity index (χ1) is 15.4. The molecule has 0 unspecified atom stereocenters. The highest BCUT2D eigenvalue weighted by atomic mass is 16.2. The lowest BCUT2D eigenvalue weighted by Gasteiger charge is -2.46. The van der Waals surface area contributed by atoms with Crippen LogP contribution in [0.25, 0.3) is 0 Å². The van der Waals surface area contributed by atoms with E-state index in [1.807, 2.05) is 26.0 Å². The molecule has 170 valence electrons. The number of nitrogens with one attached hydrogen (secondary N) is 3. The van der Waals surface area contributed by atoms with Gasteiger partial charge in [0.25, 0.3) is 11.5 Å². The van der Waals surface area contributed by atoms with Gasteiger partial charge in [0.05, 0.1) is 12.6 Å². The average molecular weight is 438 g/mol. The molecular formula is C24H31N5O3. The molecule has 0 spiro atoms. The molecule has 32 heavy (non-hydrogen) atoms. The fourth-order valence-electron chi connectivity index (χ4n) is 4.74. The predicted molar refractivity (Wildman–Crippen MR) is 122 cm³/mol. The fourth-order valence-corrected chi connectivity index (χ4v) is 4.74. The minimum atomic E-state index is -0.236. The number of H-pyrrole nitrogens is 1. The van der Waals surface area contributed by atoms with E-state index in [1.165, 1.54) is 6.07 Å². The smallest absolute Gasteiger partial charge is 0.251 e. The molecule has 1 saturated carbocycles. The van der Waals surface area contributed by atoms with Crippen molar-refractivity contribution in [3.8, 4) is 0 Å². The number of likely N-dealkylation sites (tertiary alicyclic amines) is 1. The van der Waals surface area contributed by atoms with E-state index in [9.17, 15) is 14.4 Å². The van der Waals surface area contributed by atoms with Gasteiger partial charge >= 0.3 is 0 Å². The number of hydrogen-bond acceptors (Lipinski definition) is 5. The largest absolute Gasteiger partial charge is 0.349 e. The van der Waals surface area contributed by atoms with E-state index < -0.39 is 0 Å². The summed E-state index contributed by atoms with van der Waals surface area (Å²) in [6.07, 6.45) is 4.15. The van der Waals surface area contributed by atoms with E-state index in [0.29, 0.717) is 17.5 Å². The van der Waals surface area contributed by atoms with E-state index in [2.05, 4.69) is 25.5 Å². The van der Waals surface area contributed by atoms with Crippen molar-refractivity contribution in [1.82, 2.24) is 25.5 Å². The van der Waals surface area contributed by atoms with Crippen LogP contribution >= 0.6 is 0 Å². The number of nitrogens with zero attached hydrogens (tertiary/aromatic N) is 2. The van der Waals surface area contributed by atoms with Crippen molar-refractivity contribution in [3.05, 3.63) is 63.3 Å². The number of amides is 2. The van der Waals surface area contributed by atoms with Crippen molar-refractivity contribution < 1.29 is 9.59 Å². The van der Waals surface area contributed by atoms with Gasteiger partial charge in [-0.2, -0.15) is 0 Å². The second-order valence-corrected chi connectivity index (χ2v) is 9.05. The zero-order chi connectivity index (χ0) is 22.7. The Hall–Kier alpha value is -3.00. The summed E-state index contributed by atoms with van der Waals surface area (Å²) in [5.41, 5.74) is 2.26. The number of benzene rings is 1. The van der Waals surface area contributed by atoms with Crippen molar-refractivity contribution in [3.63, 3.8) is 0 Å². The van der Waals surface area contributed by atoms with Gasteiger partial charge < -0.3 is 15.6 Å². The van der Waals surface area contributed by atoms with Crippen molar-refractivity contribution in [1.29, 1.82) is 0 Å². The number of rotatable bonds is 6. The lowest BCUT2D eigenvalue weighted by atomic mass is 9.83. The number of carbonyl (C=O) groups excluding carboxylic acids is 2. The third kappa shape index (κ3) is 5.43. The van der Waals surface area contributed by atoms with Crippen LogP contribution in [-0.2, 0) is 4.79 Å². The Balaban J connectivity index is 1.16. The second-order valence-electron chi connectivity index (χ2n) is 9.05. The van der Waals surface area contributed by atoms with E-state index in [1.54, 1.807) is 12.1 Å². The molecule has 0 radical (unpaired) electrons. The molecule has 2 aromatic rings. The maximum atomic E-state index is 12.2. The minimum Gasteiger partial charge on any atom is -0.349 e. The normalized spacial score (nSPS) is 21.6. The van der Waals surface area contributed by atoms with E-state index in [0.717, 1.165) is 55.9 Å². The van der Waals surface area contributed by atoms with Crippen molar-refractivity contribution in [2.45, 2.75) is 57.5 Å². The van der Waals surface area contributed by atoms with Crippen molar-refractivity contribution >= 4 is 11.8 Å². The second kappa shape index (κ2) is 9.65. The third-order valence-corrected chi connectivity index (χ3v) is 6.45. The molecule has 0 atom stereocenters. The minimum absolute atomic E-state index is 0.0178. The molecule has 1 saturated heterocycles. The van der Waals surface area contributed by atoms with Crippen LogP contribution in [0.4, 0.5) is 0 Å². The number of aryl methyl sites for hydroxylation is 2. The van der Waals surface area contributed by atoms with Crippen molar-refractivity contribution in [2.75, 3.05) is 19.6 Å². The molecule has 2 fully saturated rings. The summed E-state index contributed by atoms with van der Waals surface area (Å²) in [4.78, 5) is 45.9. The molecule has 8 nitrogen and oxygen atoms in total. The van der Waals surface area contributed by atoms with Gasteiger partial charge in [-0.05, 0) is 51.7 Å². The first-order valence-electron chi connectivity index (χ1n) is 11.3. The highest BCUT2D eigenvalue weighted by Crippen LogP contribution is 2.34. The van der Waals surface area contributed by atoms with Crippen molar-refractivity contribution in [2.24, 2.45) is 0 Å². The van der Waals surface area contributed by atoms with E-state index >= 15 is 0 Å². The number of hydrogen-bond donors (Lipinski definition) is 3. The fraction of sp³-hybridized carbons (Fsp3) is 0.500. The Morgan fingerprint density at radius 3 is 2.56 bits per heavy atom. The third-order valence-electron chi connectivity index (χ3n) is 6.45. The Labute approximate surface area is 187 Å². The molecule has 1 aromatic carbocycles. The first kappa shape index (κ1) is 22.2. The van der Waals surface area contributed by atoms with Crippen LogP contribution in [-0.4, -0.2) is 58.4 Å². The predicted octanol–water partition coefficient (Wildman–Crippen LogP) is 1.64. The molecule has 2 aliphatic rings. The molecule has 2 amide bonds. The van der Waals surface area contributed by atoms with E-state index in [4.69, 9.17) is 0 Å². The Bertz CT molecular complexity index is 1040. The Morgan fingerprint density at radius 2 is 1.88 bits per heavy atom. The molecule has 8 heteroatoms. The summed E-state index contributed by atoms with van der Waals surface area (Å²) >= 11 is 0. The number of carbonyl (C=O) groups is 2. The Morgan fingerprint density at radius 1 is 1.12 bits per heavy atom. The van der Waals surface area contributed by atoms with Gasteiger partial charge in [0.1, 0.15) is 5.82 Å². The van der Waals surface area contributed by atoms with E-state index in [-0.39, 0.29) is 30.0 Å². The maximum Gasteiger partial charge on any atom is 0.251 e. The lowest BCUT2D eigenvalue weighted by Crippen LogP contribution is -2.63. The molecule has 0 bridgehead atoms. The van der Waals surface area contributed by atoms with Crippen LogP contribution in [0.3, 0.4) is 0 Å². The van der Waals surface area contributed by atoms with Crippen LogP contribution in [0.2, 0.25) is 0 Å². The molecule has 1 aromatic heterocycles. The van der Waals surface area contributed by atoms with Gasteiger partial charge in [0.15, 0.2) is 0 Å². The quantitative estimate of drug-likeness (QED) is 0.637. The molecule has 4 rings (SSSR count). The van der Waals surface area contributed by atoms with Crippen LogP contribution < -0.4 is 16.2 Å². The maximum absolute atomic E-state index is 12.2. The van der Waals surface area contributed by atoms with Crippen LogP contribution in [0.1, 0.15) is 59.0 Å². The van der Waals surface area contributed by atoms with Crippen LogP contribution in [0.15, 0.2) is 35.1 Å². The molecule has 3 N–H and O–H groups in total. The van der Waals surface area contributed by atoms with Gasteiger partial charge in [0.2, 0.25) is 5.91 Å². The zero-order valence-electron chi connectivity index (χ0n) is 18.7. The SMILES string of the molecule is Cc1cccc(C(=O)NCC(=O)NC2CN(C3CCC(c4nc(C)cc(=O)[nH]4)CC3)C2)c1. The number of aromatic amines is 1. The highest BCUT2D eigenvalue weighted by molar-refractivity contribution is 5.96. The first-order valence-corrected chi connectivity index (χ1v) is 11.3. The Kier molecular flexibility index (Phi) is 6.69. The molecule has 1 aliphatic carbocycles. The van der Waals surface area contributed by atoms with Gasteiger partial charge in [-0.15, -0.1) is 0 Å². The highest BCUT2D eigenvalue weighted by Gasteiger charge is 2.35. The van der Waals surface area contributed by atoms with Gasteiger partial charge in [-0.3, -0.25) is 19.3 Å². The lowest BCUT2D eigenvalue weighted by molar-refractivity contribution is -0.122. The molecule has 2 heterocycles. The molecular weight excluding hydrogens is 406 g/mol. The zero-order valence-corrected chi connectivity index (χ0v) is 18.7. The standard InChI is InChI=1S/C24H31N5O3/c1-15-4-3-5-18(10-15)24(32)25-12-22(31)27-19-13-29(14-19)20-8-6-17(7-9-20)23-26-16(2)11-21(30)28-23/h3-5,10-11,17,19-20H,6-9,12-14H2,1-2H3,(H,25,32)(H,27,31)(H,26,28,30). The summed E-state index contributed by atoms with van der Waals surface area (Å²) in [5.74, 6) is 0.733. The summed E-state index contributed by atoms with van der Waals surface area (Å²) < 4.78 is 0. The average Bonchev–Trinajstić information content (AvgIpc) is 2.74. The summed E-state index contributed by atoms with van der Waals surface area (Å²) in [6.45, 7) is 5.44. The summed E-state index contributed by atoms with van der Waals surface area (Å²) in [7, 11) is 0. The monoisotopic (exact) mass is 437 g/mol. The van der Waals surface area contributed by atoms with Crippen LogP contribution in [0, 0.1) is 13.8 Å². The van der Waals surface area contributed by atoms with Crippen LogP contribution in [0.5, 0.6) is 0 Å². The van der Waals surface area contributed by atoms with Gasteiger partial charge in [0, 0.05) is 42.4 Å².